The first-order chi connectivity index (χ1) is 14.5. The van der Waals surface area contributed by atoms with Crippen LogP contribution in [0.1, 0.15) is 0 Å². The molecule has 30 heavy (non-hydrogen) atoms. The fourth-order valence-electron chi connectivity index (χ4n) is 2.58. The van der Waals surface area contributed by atoms with E-state index >= 15 is 0 Å². The summed E-state index contributed by atoms with van der Waals surface area (Å²) in [7, 11) is 1.62. The average Bonchev–Trinajstić information content (AvgIpc) is 2.74. The minimum Gasteiger partial charge on any atom is -0.495 e. The molecular formula is C22H20BrN3O2S2. The molecule has 0 aliphatic heterocycles. The molecule has 0 aliphatic rings. The summed E-state index contributed by atoms with van der Waals surface area (Å²) in [5.41, 5.74) is 2.39. The second-order valence-corrected chi connectivity index (χ2v) is 8.52. The Morgan fingerprint density at radius 1 is 0.967 bits per heavy atom. The standard InChI is InChI=1S/C22H20BrN3O2S2/c1-28-20-8-3-2-7-19(20)26-22(29)25-17-5-4-6-18(13-17)30-14-21(27)24-16-11-9-15(23)10-12-16/h2-13H,14H2,1H3,(H,24,27)(H2,25,26,29). The summed E-state index contributed by atoms with van der Waals surface area (Å²) in [5.74, 6) is 0.959. The van der Waals surface area contributed by atoms with Gasteiger partial charge in [-0.15, -0.1) is 11.8 Å². The summed E-state index contributed by atoms with van der Waals surface area (Å²) < 4.78 is 6.29. The summed E-state index contributed by atoms with van der Waals surface area (Å²) in [6.45, 7) is 0. The number of amides is 1. The highest BCUT2D eigenvalue weighted by molar-refractivity contribution is 9.10. The second-order valence-electron chi connectivity index (χ2n) is 6.15. The molecular weight excluding hydrogens is 482 g/mol. The lowest BCUT2D eigenvalue weighted by Crippen LogP contribution is -2.19. The summed E-state index contributed by atoms with van der Waals surface area (Å²) in [6.07, 6.45) is 0. The molecule has 3 N–H and O–H groups in total. The maximum Gasteiger partial charge on any atom is 0.234 e. The van der Waals surface area contributed by atoms with Crippen LogP contribution in [0.4, 0.5) is 17.1 Å². The van der Waals surface area contributed by atoms with Gasteiger partial charge in [0.2, 0.25) is 5.91 Å². The van der Waals surface area contributed by atoms with Crippen LogP contribution in [-0.2, 0) is 4.79 Å². The van der Waals surface area contributed by atoms with E-state index in [1.54, 1.807) is 7.11 Å². The maximum atomic E-state index is 12.2. The number of ether oxygens (including phenoxy) is 1. The van der Waals surface area contributed by atoms with E-state index in [9.17, 15) is 4.79 Å². The topological polar surface area (TPSA) is 62.4 Å². The lowest BCUT2D eigenvalue weighted by Gasteiger charge is -2.13. The highest BCUT2D eigenvalue weighted by atomic mass is 79.9. The van der Waals surface area contributed by atoms with Crippen molar-refractivity contribution < 1.29 is 9.53 Å². The Balaban J connectivity index is 1.53. The number of methoxy groups -OCH3 is 1. The zero-order valence-corrected chi connectivity index (χ0v) is 19.4. The molecule has 0 unspecified atom stereocenters. The molecule has 0 bridgehead atoms. The van der Waals surface area contributed by atoms with Crippen molar-refractivity contribution in [2.24, 2.45) is 0 Å². The fraction of sp³-hybridized carbons (Fsp3) is 0.0909. The molecule has 3 aromatic carbocycles. The Hall–Kier alpha value is -2.55. The lowest BCUT2D eigenvalue weighted by molar-refractivity contribution is -0.113. The number of hydrogen-bond acceptors (Lipinski definition) is 4. The summed E-state index contributed by atoms with van der Waals surface area (Å²) >= 11 is 10.2. The van der Waals surface area contributed by atoms with Gasteiger partial charge in [-0.1, -0.05) is 34.1 Å². The normalized spacial score (nSPS) is 10.2. The number of anilines is 3. The van der Waals surface area contributed by atoms with Gasteiger partial charge in [0.1, 0.15) is 5.75 Å². The van der Waals surface area contributed by atoms with E-state index in [2.05, 4.69) is 31.9 Å². The van der Waals surface area contributed by atoms with Crippen molar-refractivity contribution in [1.82, 2.24) is 0 Å². The van der Waals surface area contributed by atoms with Gasteiger partial charge in [0, 0.05) is 20.7 Å². The van der Waals surface area contributed by atoms with E-state index in [1.807, 2.05) is 72.8 Å². The van der Waals surface area contributed by atoms with Gasteiger partial charge in [-0.2, -0.15) is 0 Å². The Kier molecular flexibility index (Phi) is 8.12. The summed E-state index contributed by atoms with van der Waals surface area (Å²) in [6, 6.07) is 22.8. The predicted octanol–water partition coefficient (Wildman–Crippen LogP) is 6.00. The Morgan fingerprint density at radius 2 is 1.73 bits per heavy atom. The third kappa shape index (κ3) is 6.76. The van der Waals surface area contributed by atoms with Crippen molar-refractivity contribution in [2.75, 3.05) is 28.8 Å². The molecule has 5 nitrogen and oxygen atoms in total. The highest BCUT2D eigenvalue weighted by Gasteiger charge is 2.07. The number of benzene rings is 3. The van der Waals surface area contributed by atoms with E-state index in [4.69, 9.17) is 17.0 Å². The van der Waals surface area contributed by atoms with Crippen LogP contribution in [-0.4, -0.2) is 23.9 Å². The smallest absolute Gasteiger partial charge is 0.234 e. The number of thioether (sulfide) groups is 1. The molecule has 0 saturated carbocycles. The number of nitrogens with one attached hydrogen (secondary N) is 3. The highest BCUT2D eigenvalue weighted by Crippen LogP contribution is 2.25. The minimum absolute atomic E-state index is 0.0611. The van der Waals surface area contributed by atoms with Gasteiger partial charge >= 0.3 is 0 Å². The number of hydrogen-bond donors (Lipinski definition) is 3. The van der Waals surface area contributed by atoms with Crippen LogP contribution >= 0.6 is 39.9 Å². The third-order valence-electron chi connectivity index (χ3n) is 3.94. The van der Waals surface area contributed by atoms with Gasteiger partial charge in [0.05, 0.1) is 18.6 Å². The first-order valence-corrected chi connectivity index (χ1v) is 11.2. The molecule has 0 radical (unpaired) electrons. The largest absolute Gasteiger partial charge is 0.495 e. The van der Waals surface area contributed by atoms with E-state index in [0.29, 0.717) is 16.6 Å². The van der Waals surface area contributed by atoms with Crippen LogP contribution in [0.25, 0.3) is 0 Å². The number of para-hydroxylation sites is 2. The van der Waals surface area contributed by atoms with Crippen molar-refractivity contribution in [3.63, 3.8) is 0 Å². The predicted molar refractivity (Wildman–Crippen MR) is 133 cm³/mol. The quantitative estimate of drug-likeness (QED) is 0.272. The molecule has 1 amide bonds. The van der Waals surface area contributed by atoms with Gasteiger partial charge in [0.15, 0.2) is 5.11 Å². The van der Waals surface area contributed by atoms with E-state index < -0.39 is 0 Å². The molecule has 8 heteroatoms. The second kappa shape index (κ2) is 11.0. The molecule has 3 rings (SSSR count). The Morgan fingerprint density at radius 3 is 2.50 bits per heavy atom. The molecule has 0 fully saturated rings. The van der Waals surface area contributed by atoms with Crippen molar-refractivity contribution in [3.05, 3.63) is 77.3 Å². The summed E-state index contributed by atoms with van der Waals surface area (Å²) in [4.78, 5) is 13.2. The number of thiocarbonyl (C=S) groups is 1. The number of halogens is 1. The molecule has 0 atom stereocenters. The number of carbonyl (C=O) groups is 1. The third-order valence-corrected chi connectivity index (χ3v) is 5.67. The molecule has 0 spiro atoms. The van der Waals surface area contributed by atoms with E-state index in [0.717, 1.165) is 26.4 Å². The van der Waals surface area contributed by atoms with Crippen LogP contribution in [0.15, 0.2) is 82.2 Å². The van der Waals surface area contributed by atoms with Gasteiger partial charge in [-0.3, -0.25) is 4.79 Å². The summed E-state index contributed by atoms with van der Waals surface area (Å²) in [5, 5.41) is 9.63. The molecule has 0 heterocycles. The first kappa shape index (κ1) is 22.1. The minimum atomic E-state index is -0.0611. The van der Waals surface area contributed by atoms with Crippen molar-refractivity contribution in [1.29, 1.82) is 0 Å². The fourth-order valence-corrected chi connectivity index (χ4v) is 3.82. The van der Waals surface area contributed by atoms with Crippen LogP contribution in [0.5, 0.6) is 5.75 Å². The zero-order chi connectivity index (χ0) is 21.3. The zero-order valence-electron chi connectivity index (χ0n) is 16.1. The van der Waals surface area contributed by atoms with Crippen molar-refractivity contribution in [3.8, 4) is 5.75 Å². The lowest BCUT2D eigenvalue weighted by atomic mass is 10.3. The maximum absolute atomic E-state index is 12.2. The molecule has 0 aromatic heterocycles. The van der Waals surface area contributed by atoms with E-state index in [-0.39, 0.29) is 5.91 Å². The Labute approximate surface area is 193 Å². The first-order valence-electron chi connectivity index (χ1n) is 9.03. The monoisotopic (exact) mass is 501 g/mol. The number of rotatable bonds is 7. The van der Waals surface area contributed by atoms with Gasteiger partial charge < -0.3 is 20.7 Å². The van der Waals surface area contributed by atoms with Crippen LogP contribution in [0, 0.1) is 0 Å². The molecule has 0 saturated heterocycles. The Bertz CT molecular complexity index is 1030. The van der Waals surface area contributed by atoms with Crippen LogP contribution in [0.3, 0.4) is 0 Å². The van der Waals surface area contributed by atoms with Crippen LogP contribution < -0.4 is 20.7 Å². The molecule has 0 aliphatic carbocycles. The number of carbonyl (C=O) groups excluding carboxylic acids is 1. The van der Waals surface area contributed by atoms with E-state index in [1.165, 1.54) is 11.8 Å². The van der Waals surface area contributed by atoms with Gasteiger partial charge in [-0.25, -0.2) is 0 Å². The molecule has 3 aromatic rings. The van der Waals surface area contributed by atoms with Crippen LogP contribution in [0.2, 0.25) is 0 Å². The average molecular weight is 502 g/mol. The van der Waals surface area contributed by atoms with Crippen molar-refractivity contribution in [2.45, 2.75) is 4.90 Å². The SMILES string of the molecule is COc1ccccc1NC(=S)Nc1cccc(SCC(=O)Nc2ccc(Br)cc2)c1. The van der Waals surface area contributed by atoms with Crippen molar-refractivity contribution >= 4 is 68.0 Å². The molecule has 154 valence electrons. The van der Waals surface area contributed by atoms with Gasteiger partial charge in [-0.05, 0) is 66.8 Å². The van der Waals surface area contributed by atoms with Gasteiger partial charge in [0.25, 0.3) is 0 Å².